The van der Waals surface area contributed by atoms with E-state index in [1.54, 1.807) is 0 Å². The van der Waals surface area contributed by atoms with Gasteiger partial charge >= 0.3 is 0 Å². The highest BCUT2D eigenvalue weighted by molar-refractivity contribution is 4.95. The molecule has 2 bridgehead atoms. The van der Waals surface area contributed by atoms with Gasteiger partial charge in [0.05, 0.1) is 0 Å². The Morgan fingerprint density at radius 2 is 2.22 bits per heavy atom. The number of rotatable bonds is 0. The van der Waals surface area contributed by atoms with E-state index in [1.807, 2.05) is 0 Å². The van der Waals surface area contributed by atoms with Crippen LogP contribution in [0.5, 0.6) is 0 Å². The molecule has 2 aliphatic heterocycles. The molecule has 2 atom stereocenters. The molecule has 0 amide bonds. The Morgan fingerprint density at radius 1 is 1.44 bits per heavy atom. The zero-order chi connectivity index (χ0) is 6.48. The monoisotopic (exact) mass is 125 g/mol. The minimum absolute atomic E-state index is 0.637. The molecule has 1 heteroatoms. The maximum absolute atomic E-state index is 2.59. The van der Waals surface area contributed by atoms with Crippen LogP contribution in [0, 0.1) is 11.3 Å². The maximum Gasteiger partial charge on any atom is 0.00359 e. The zero-order valence-electron chi connectivity index (χ0n) is 6.35. The van der Waals surface area contributed by atoms with Gasteiger partial charge < -0.3 is 4.90 Å². The highest BCUT2D eigenvalue weighted by Crippen LogP contribution is 2.41. The van der Waals surface area contributed by atoms with Crippen molar-refractivity contribution in [2.75, 3.05) is 19.6 Å². The van der Waals surface area contributed by atoms with E-state index in [2.05, 4.69) is 18.7 Å². The second-order valence-corrected chi connectivity index (χ2v) is 4.21. The Balaban J connectivity index is 2.18. The quantitative estimate of drug-likeness (QED) is 0.472. The van der Waals surface area contributed by atoms with Gasteiger partial charge in [-0.25, -0.2) is 0 Å². The van der Waals surface area contributed by atoms with Gasteiger partial charge in [0.25, 0.3) is 0 Å². The van der Waals surface area contributed by atoms with Crippen LogP contribution in [0.25, 0.3) is 0 Å². The smallest absolute Gasteiger partial charge is 0.00359 e. The second-order valence-electron chi connectivity index (χ2n) is 4.21. The lowest BCUT2D eigenvalue weighted by Gasteiger charge is -2.28. The van der Waals surface area contributed by atoms with Crippen LogP contribution in [0.15, 0.2) is 0 Å². The van der Waals surface area contributed by atoms with Crippen molar-refractivity contribution in [3.05, 3.63) is 0 Å². The van der Waals surface area contributed by atoms with Gasteiger partial charge in [0, 0.05) is 13.1 Å². The molecule has 0 spiro atoms. The van der Waals surface area contributed by atoms with Crippen LogP contribution in [-0.4, -0.2) is 24.5 Å². The van der Waals surface area contributed by atoms with E-state index in [4.69, 9.17) is 0 Å². The summed E-state index contributed by atoms with van der Waals surface area (Å²) in [6, 6.07) is 0. The molecular weight excluding hydrogens is 110 g/mol. The van der Waals surface area contributed by atoms with Gasteiger partial charge in [-0.3, -0.25) is 0 Å². The predicted molar refractivity (Wildman–Crippen MR) is 38.3 cm³/mol. The lowest BCUT2D eigenvalue weighted by Crippen LogP contribution is -2.29. The molecule has 9 heavy (non-hydrogen) atoms. The topological polar surface area (TPSA) is 3.24 Å². The van der Waals surface area contributed by atoms with E-state index in [9.17, 15) is 0 Å². The summed E-state index contributed by atoms with van der Waals surface area (Å²) < 4.78 is 0. The molecular formula is C8H15N. The minimum Gasteiger partial charge on any atom is -0.302 e. The number of hydrogen-bond donors (Lipinski definition) is 0. The third-order valence-corrected chi connectivity index (χ3v) is 3.01. The molecule has 2 fully saturated rings. The van der Waals surface area contributed by atoms with Gasteiger partial charge in [0.1, 0.15) is 0 Å². The molecule has 52 valence electrons. The van der Waals surface area contributed by atoms with E-state index >= 15 is 0 Å². The Labute approximate surface area is 57.0 Å². The Bertz CT molecular complexity index is 129. The average molecular weight is 125 g/mol. The molecule has 2 heterocycles. The molecule has 0 aromatic heterocycles. The number of hydrogen-bond acceptors (Lipinski definition) is 1. The van der Waals surface area contributed by atoms with Crippen LogP contribution >= 0.6 is 0 Å². The van der Waals surface area contributed by atoms with Crippen molar-refractivity contribution in [2.45, 2.75) is 20.3 Å². The van der Waals surface area contributed by atoms with E-state index in [-0.39, 0.29) is 0 Å². The van der Waals surface area contributed by atoms with Crippen LogP contribution in [0.1, 0.15) is 20.3 Å². The fraction of sp³-hybridized carbons (Fsp3) is 1.00. The van der Waals surface area contributed by atoms with Crippen molar-refractivity contribution >= 4 is 0 Å². The first-order chi connectivity index (χ1) is 4.18. The van der Waals surface area contributed by atoms with Gasteiger partial charge in [-0.2, -0.15) is 0 Å². The van der Waals surface area contributed by atoms with Crippen molar-refractivity contribution < 1.29 is 0 Å². The molecule has 2 unspecified atom stereocenters. The molecule has 1 nitrogen and oxygen atoms in total. The van der Waals surface area contributed by atoms with E-state index in [0.29, 0.717) is 5.41 Å². The molecule has 2 rings (SSSR count). The third-order valence-electron chi connectivity index (χ3n) is 3.01. The SMILES string of the molecule is CC1(C)CN2CCC1C2. The fourth-order valence-electron chi connectivity index (χ4n) is 2.32. The van der Waals surface area contributed by atoms with Gasteiger partial charge in [-0.1, -0.05) is 13.8 Å². The van der Waals surface area contributed by atoms with Crippen LogP contribution in [0.2, 0.25) is 0 Å². The first kappa shape index (κ1) is 5.72. The summed E-state index contributed by atoms with van der Waals surface area (Å²) in [5, 5.41) is 0. The minimum atomic E-state index is 0.637. The average Bonchev–Trinajstić information content (AvgIpc) is 2.19. The number of piperidine rings is 1. The zero-order valence-corrected chi connectivity index (χ0v) is 6.35. The molecule has 0 aromatic rings. The summed E-state index contributed by atoms with van der Waals surface area (Å²) in [5.74, 6) is 1.01. The standard InChI is InChI=1S/C8H15N/c1-8(2)6-9-4-3-7(8)5-9/h7H,3-6H2,1-2H3. The summed E-state index contributed by atoms with van der Waals surface area (Å²) in [6.45, 7) is 8.90. The summed E-state index contributed by atoms with van der Waals surface area (Å²) in [5.41, 5.74) is 0.637. The fourth-order valence-corrected chi connectivity index (χ4v) is 2.32. The predicted octanol–water partition coefficient (Wildman–Crippen LogP) is 1.35. The molecule has 0 aromatic carbocycles. The summed E-state index contributed by atoms with van der Waals surface area (Å²) in [7, 11) is 0. The maximum atomic E-state index is 2.59. The Morgan fingerprint density at radius 3 is 2.44 bits per heavy atom. The van der Waals surface area contributed by atoms with E-state index in [0.717, 1.165) is 5.92 Å². The van der Waals surface area contributed by atoms with Crippen molar-refractivity contribution in [2.24, 2.45) is 11.3 Å². The second kappa shape index (κ2) is 1.51. The van der Waals surface area contributed by atoms with Crippen molar-refractivity contribution in [3.8, 4) is 0 Å². The molecule has 0 aliphatic carbocycles. The lowest BCUT2D eigenvalue weighted by atomic mass is 9.80. The molecule has 2 saturated heterocycles. The summed E-state index contributed by atoms with van der Waals surface area (Å²) in [4.78, 5) is 2.59. The van der Waals surface area contributed by atoms with Crippen molar-refractivity contribution in [1.29, 1.82) is 0 Å². The summed E-state index contributed by atoms with van der Waals surface area (Å²) >= 11 is 0. The third kappa shape index (κ3) is 0.710. The van der Waals surface area contributed by atoms with Crippen LogP contribution in [0.3, 0.4) is 0 Å². The van der Waals surface area contributed by atoms with Gasteiger partial charge in [0.15, 0.2) is 0 Å². The normalized spacial score (nSPS) is 46.0. The highest BCUT2D eigenvalue weighted by atomic mass is 15.2. The molecule has 0 radical (unpaired) electrons. The first-order valence-electron chi connectivity index (χ1n) is 3.91. The summed E-state index contributed by atoms with van der Waals surface area (Å²) in [6.07, 6.45) is 1.45. The molecule has 0 N–H and O–H groups in total. The van der Waals surface area contributed by atoms with Crippen molar-refractivity contribution in [1.82, 2.24) is 4.90 Å². The van der Waals surface area contributed by atoms with Gasteiger partial charge in [-0.15, -0.1) is 0 Å². The number of nitrogens with zero attached hydrogens (tertiary/aromatic N) is 1. The van der Waals surface area contributed by atoms with E-state index in [1.165, 1.54) is 26.1 Å². The Kier molecular flexibility index (Phi) is 0.963. The van der Waals surface area contributed by atoms with Gasteiger partial charge in [-0.05, 0) is 24.3 Å². The highest BCUT2D eigenvalue weighted by Gasteiger charge is 2.43. The van der Waals surface area contributed by atoms with Crippen LogP contribution in [-0.2, 0) is 0 Å². The molecule has 2 aliphatic rings. The largest absolute Gasteiger partial charge is 0.302 e. The number of fused-ring (bicyclic) bond motifs is 2. The lowest BCUT2D eigenvalue weighted by molar-refractivity contribution is 0.213. The van der Waals surface area contributed by atoms with Crippen LogP contribution in [0.4, 0.5) is 0 Å². The van der Waals surface area contributed by atoms with E-state index < -0.39 is 0 Å². The van der Waals surface area contributed by atoms with Crippen molar-refractivity contribution in [3.63, 3.8) is 0 Å². The Hall–Kier alpha value is -0.0400. The first-order valence-corrected chi connectivity index (χ1v) is 3.91. The van der Waals surface area contributed by atoms with Crippen LogP contribution < -0.4 is 0 Å². The molecule has 0 saturated carbocycles. The van der Waals surface area contributed by atoms with Gasteiger partial charge in [0.2, 0.25) is 0 Å².